The lowest BCUT2D eigenvalue weighted by Gasteiger charge is -2.59. The fraction of sp³-hybridized carbons (Fsp3) is 0.381. The van der Waals surface area contributed by atoms with Crippen molar-refractivity contribution in [1.82, 2.24) is 19.5 Å². The molecule has 5 rings (SSSR count). The summed E-state index contributed by atoms with van der Waals surface area (Å²) < 4.78 is 1.39. The maximum absolute atomic E-state index is 13.4. The molecule has 6 heteroatoms. The summed E-state index contributed by atoms with van der Waals surface area (Å²) in [5.74, 6) is -0.0512. The Morgan fingerprint density at radius 2 is 1.85 bits per heavy atom. The summed E-state index contributed by atoms with van der Waals surface area (Å²) in [6, 6.07) is 13.9. The second-order valence-electron chi connectivity index (χ2n) is 7.81. The van der Waals surface area contributed by atoms with E-state index < -0.39 is 0 Å². The number of nitrogens with one attached hydrogen (secondary N) is 1. The largest absolute Gasteiger partial charge is 0.347 e. The van der Waals surface area contributed by atoms with Crippen molar-refractivity contribution >= 4 is 11.6 Å². The molecular formula is C21H22N4O2. The summed E-state index contributed by atoms with van der Waals surface area (Å²) >= 11 is 0. The Balaban J connectivity index is 1.55. The number of nitrogens with zero attached hydrogens (tertiary/aromatic N) is 3. The monoisotopic (exact) mass is 362 g/mol. The molecule has 1 saturated carbocycles. The zero-order valence-corrected chi connectivity index (χ0v) is 15.1. The summed E-state index contributed by atoms with van der Waals surface area (Å²) in [6.45, 7) is 0.779. The molecule has 3 heterocycles. The van der Waals surface area contributed by atoms with Gasteiger partial charge in [0, 0.05) is 18.2 Å². The predicted octanol–water partition coefficient (Wildman–Crippen LogP) is 3.17. The highest BCUT2D eigenvalue weighted by Gasteiger charge is 2.55. The molecule has 1 aliphatic heterocycles. The van der Waals surface area contributed by atoms with Gasteiger partial charge in [-0.3, -0.25) is 4.79 Å². The molecule has 1 spiro atoms. The Bertz CT molecular complexity index is 1050. The van der Waals surface area contributed by atoms with Crippen molar-refractivity contribution in [2.45, 2.75) is 38.1 Å². The molecule has 1 atom stereocenters. The average Bonchev–Trinajstić information content (AvgIpc) is 3.08. The number of aromatic amines is 1. The van der Waals surface area contributed by atoms with Gasteiger partial charge in [-0.15, -0.1) is 0 Å². The lowest BCUT2D eigenvalue weighted by atomic mass is 9.61. The van der Waals surface area contributed by atoms with Crippen LogP contribution < -0.4 is 5.69 Å². The van der Waals surface area contributed by atoms with Crippen LogP contribution in [0.4, 0.5) is 0 Å². The first-order valence-corrected chi connectivity index (χ1v) is 9.61. The van der Waals surface area contributed by atoms with Crippen molar-refractivity contribution in [3.8, 4) is 0 Å². The highest BCUT2D eigenvalue weighted by molar-refractivity contribution is 6.00. The number of hydrogen-bond acceptors (Lipinski definition) is 3. The zero-order chi connectivity index (χ0) is 18.4. The Labute approximate surface area is 156 Å². The number of amides is 1. The van der Waals surface area contributed by atoms with E-state index in [1.165, 1.54) is 42.1 Å². The molecule has 0 bridgehead atoms. The smallest absolute Gasteiger partial charge is 0.330 e. The van der Waals surface area contributed by atoms with Crippen LogP contribution in [0.15, 0.2) is 53.5 Å². The molecule has 2 aromatic heterocycles. The van der Waals surface area contributed by atoms with E-state index in [1.54, 1.807) is 18.3 Å². The van der Waals surface area contributed by atoms with Crippen LogP contribution in [-0.2, 0) is 0 Å². The lowest BCUT2D eigenvalue weighted by molar-refractivity contribution is -0.0769. The van der Waals surface area contributed by atoms with Gasteiger partial charge in [-0.25, -0.2) is 14.3 Å². The van der Waals surface area contributed by atoms with E-state index in [4.69, 9.17) is 0 Å². The Kier molecular flexibility index (Phi) is 3.67. The van der Waals surface area contributed by atoms with Gasteiger partial charge in [-0.05, 0) is 30.5 Å². The van der Waals surface area contributed by atoms with E-state index in [-0.39, 0.29) is 23.1 Å². The summed E-state index contributed by atoms with van der Waals surface area (Å²) in [5, 5.41) is 6.49. The van der Waals surface area contributed by atoms with E-state index in [1.807, 2.05) is 23.1 Å². The standard InChI is InChI=1S/C21H22N4O2/c26-19(16-10-7-13-24-18(16)22-23-20(24)27)25-14-21(11-5-2-6-12-21)17(25)15-8-3-1-4-9-15/h1,3-4,7-10,13,17H,2,5-6,11-12,14H2,(H,23,27). The number of benzene rings is 1. The van der Waals surface area contributed by atoms with Crippen molar-refractivity contribution in [3.63, 3.8) is 0 Å². The zero-order valence-electron chi connectivity index (χ0n) is 15.1. The third-order valence-electron chi connectivity index (χ3n) is 6.28. The van der Waals surface area contributed by atoms with Crippen LogP contribution in [0.3, 0.4) is 0 Å². The number of fused-ring (bicyclic) bond motifs is 1. The van der Waals surface area contributed by atoms with Crippen molar-refractivity contribution in [3.05, 3.63) is 70.3 Å². The van der Waals surface area contributed by atoms with E-state index in [0.717, 1.165) is 6.54 Å². The molecule has 3 aromatic rings. The first-order valence-electron chi connectivity index (χ1n) is 9.61. The van der Waals surface area contributed by atoms with E-state index in [2.05, 4.69) is 22.3 Å². The number of aromatic nitrogens is 3. The van der Waals surface area contributed by atoms with E-state index in [0.29, 0.717) is 11.2 Å². The third-order valence-corrected chi connectivity index (χ3v) is 6.28. The van der Waals surface area contributed by atoms with Gasteiger partial charge in [0.15, 0.2) is 5.65 Å². The maximum atomic E-state index is 13.4. The van der Waals surface area contributed by atoms with E-state index >= 15 is 0 Å². The van der Waals surface area contributed by atoms with Gasteiger partial charge in [0.2, 0.25) is 0 Å². The molecule has 138 valence electrons. The van der Waals surface area contributed by atoms with Gasteiger partial charge in [0.1, 0.15) is 0 Å². The number of likely N-dealkylation sites (tertiary alicyclic amines) is 1. The molecule has 6 nitrogen and oxygen atoms in total. The molecule has 0 radical (unpaired) electrons. The quantitative estimate of drug-likeness (QED) is 0.761. The number of rotatable bonds is 2. The van der Waals surface area contributed by atoms with Gasteiger partial charge < -0.3 is 4.90 Å². The molecular weight excluding hydrogens is 340 g/mol. The fourth-order valence-electron chi connectivity index (χ4n) is 5.03. The number of pyridine rings is 1. The summed E-state index contributed by atoms with van der Waals surface area (Å²) in [6.07, 6.45) is 7.72. The highest BCUT2D eigenvalue weighted by Crippen LogP contribution is 2.57. The van der Waals surface area contributed by atoms with Crippen LogP contribution in [0.25, 0.3) is 5.65 Å². The predicted molar refractivity (Wildman–Crippen MR) is 102 cm³/mol. The van der Waals surface area contributed by atoms with Gasteiger partial charge in [-0.1, -0.05) is 49.6 Å². The highest BCUT2D eigenvalue weighted by atomic mass is 16.2. The average molecular weight is 362 g/mol. The molecule has 1 aromatic carbocycles. The summed E-state index contributed by atoms with van der Waals surface area (Å²) in [7, 11) is 0. The topological polar surface area (TPSA) is 70.5 Å². The molecule has 1 saturated heterocycles. The van der Waals surface area contributed by atoms with Crippen LogP contribution >= 0.6 is 0 Å². The van der Waals surface area contributed by atoms with Crippen molar-refractivity contribution in [2.75, 3.05) is 6.54 Å². The van der Waals surface area contributed by atoms with Gasteiger partial charge in [0.05, 0.1) is 11.6 Å². The molecule has 1 N–H and O–H groups in total. The van der Waals surface area contributed by atoms with Crippen LogP contribution in [0.2, 0.25) is 0 Å². The van der Waals surface area contributed by atoms with Crippen LogP contribution in [0.5, 0.6) is 0 Å². The number of carbonyl (C=O) groups excluding carboxylic acids is 1. The van der Waals surface area contributed by atoms with Gasteiger partial charge in [0.25, 0.3) is 5.91 Å². The summed E-state index contributed by atoms with van der Waals surface area (Å²) in [4.78, 5) is 27.2. The SMILES string of the molecule is O=C(c1cccn2c(=O)[nH]nc12)N1CC2(CCCCC2)C1c1ccccc1. The lowest BCUT2D eigenvalue weighted by Crippen LogP contribution is -2.61. The minimum Gasteiger partial charge on any atom is -0.330 e. The molecule has 1 amide bonds. The second-order valence-corrected chi connectivity index (χ2v) is 7.81. The Morgan fingerprint density at radius 1 is 1.07 bits per heavy atom. The van der Waals surface area contributed by atoms with E-state index in [9.17, 15) is 9.59 Å². The fourth-order valence-corrected chi connectivity index (χ4v) is 5.03. The normalized spacial score (nSPS) is 21.3. The third kappa shape index (κ3) is 2.43. The van der Waals surface area contributed by atoms with Crippen LogP contribution in [0.1, 0.15) is 54.1 Å². The number of hydrogen-bond donors (Lipinski definition) is 1. The molecule has 27 heavy (non-hydrogen) atoms. The molecule has 2 aliphatic rings. The molecule has 1 aliphatic carbocycles. The number of H-pyrrole nitrogens is 1. The van der Waals surface area contributed by atoms with Gasteiger partial charge >= 0.3 is 5.69 Å². The van der Waals surface area contributed by atoms with Crippen LogP contribution in [-0.4, -0.2) is 31.9 Å². The van der Waals surface area contributed by atoms with Gasteiger partial charge in [-0.2, -0.15) is 5.10 Å². The first-order chi connectivity index (χ1) is 13.2. The van der Waals surface area contributed by atoms with Crippen molar-refractivity contribution in [1.29, 1.82) is 0 Å². The molecule has 2 fully saturated rings. The molecule has 1 unspecified atom stereocenters. The minimum atomic E-state index is -0.327. The first kappa shape index (κ1) is 16.3. The second kappa shape index (κ2) is 6.08. The number of carbonyl (C=O) groups is 1. The Hall–Kier alpha value is -2.89. The summed E-state index contributed by atoms with van der Waals surface area (Å²) in [5.41, 5.74) is 1.93. The maximum Gasteiger partial charge on any atom is 0.347 e. The van der Waals surface area contributed by atoms with Crippen molar-refractivity contribution in [2.24, 2.45) is 5.41 Å². The Morgan fingerprint density at radius 3 is 2.63 bits per heavy atom. The minimum absolute atomic E-state index is 0.0512. The van der Waals surface area contributed by atoms with Crippen molar-refractivity contribution < 1.29 is 4.79 Å². The van der Waals surface area contributed by atoms with Crippen LogP contribution in [0, 0.1) is 5.41 Å².